The highest BCUT2D eigenvalue weighted by Gasteiger charge is 2.10. The highest BCUT2D eigenvalue weighted by Crippen LogP contribution is 2.14. The van der Waals surface area contributed by atoms with Gasteiger partial charge in [0, 0.05) is 27.3 Å². The van der Waals surface area contributed by atoms with Gasteiger partial charge in [0.1, 0.15) is 18.2 Å². The third kappa shape index (κ3) is 3.82. The number of nitrogens with zero attached hydrogens (tertiary/aromatic N) is 3. The Bertz CT molecular complexity index is 411. The van der Waals surface area contributed by atoms with E-state index in [1.54, 1.807) is 32.2 Å². The average molecular weight is 254 g/mol. The normalized spacial score (nSPS) is 10.0. The second-order valence-corrected chi connectivity index (χ2v) is 3.63. The Kier molecular flexibility index (Phi) is 5.28. The highest BCUT2D eigenvalue weighted by atomic mass is 16.5. The SMILES string of the molecule is CNC(=O)CN(C)c1cc(NN)nc(COC)n1. The molecule has 0 saturated heterocycles. The summed E-state index contributed by atoms with van der Waals surface area (Å²) < 4.78 is 4.97. The van der Waals surface area contributed by atoms with Gasteiger partial charge in [-0.25, -0.2) is 15.8 Å². The molecule has 0 fully saturated rings. The van der Waals surface area contributed by atoms with Crippen molar-refractivity contribution in [2.75, 3.05) is 38.1 Å². The first-order valence-corrected chi connectivity index (χ1v) is 5.36. The third-order valence-electron chi connectivity index (χ3n) is 2.23. The van der Waals surface area contributed by atoms with Crippen LogP contribution in [0.1, 0.15) is 5.82 Å². The number of hydrogen-bond donors (Lipinski definition) is 3. The predicted molar refractivity (Wildman–Crippen MR) is 67.9 cm³/mol. The lowest BCUT2D eigenvalue weighted by molar-refractivity contribution is -0.119. The van der Waals surface area contributed by atoms with Gasteiger partial charge < -0.3 is 20.4 Å². The smallest absolute Gasteiger partial charge is 0.239 e. The molecular weight excluding hydrogens is 236 g/mol. The van der Waals surface area contributed by atoms with E-state index in [0.717, 1.165) is 0 Å². The summed E-state index contributed by atoms with van der Waals surface area (Å²) in [5, 5.41) is 2.54. The first kappa shape index (κ1) is 14.1. The number of methoxy groups -OCH3 is 1. The van der Waals surface area contributed by atoms with Gasteiger partial charge in [0.2, 0.25) is 5.91 Å². The molecule has 0 saturated carbocycles. The van der Waals surface area contributed by atoms with E-state index in [0.29, 0.717) is 17.5 Å². The molecule has 18 heavy (non-hydrogen) atoms. The van der Waals surface area contributed by atoms with Crippen LogP contribution in [-0.2, 0) is 16.1 Å². The van der Waals surface area contributed by atoms with Crippen LogP contribution in [0.4, 0.5) is 11.6 Å². The number of carbonyl (C=O) groups is 1. The zero-order chi connectivity index (χ0) is 13.5. The fourth-order valence-corrected chi connectivity index (χ4v) is 1.32. The van der Waals surface area contributed by atoms with Crippen molar-refractivity contribution in [3.8, 4) is 0 Å². The quantitative estimate of drug-likeness (QED) is 0.446. The molecule has 0 aromatic carbocycles. The zero-order valence-corrected chi connectivity index (χ0v) is 10.7. The van der Waals surface area contributed by atoms with Gasteiger partial charge in [0.05, 0.1) is 6.54 Å². The van der Waals surface area contributed by atoms with Crippen LogP contribution in [0.3, 0.4) is 0 Å². The molecule has 0 aliphatic heterocycles. The minimum absolute atomic E-state index is 0.105. The Hall–Kier alpha value is -1.93. The van der Waals surface area contributed by atoms with Crippen LogP contribution in [-0.4, -0.2) is 43.6 Å². The van der Waals surface area contributed by atoms with Crippen molar-refractivity contribution >= 4 is 17.5 Å². The molecule has 1 rings (SSSR count). The summed E-state index contributed by atoms with van der Waals surface area (Å²) in [4.78, 5) is 21.4. The number of ether oxygens (including phenoxy) is 1. The van der Waals surface area contributed by atoms with Crippen LogP contribution in [0.25, 0.3) is 0 Å². The monoisotopic (exact) mass is 254 g/mol. The van der Waals surface area contributed by atoms with Gasteiger partial charge in [-0.3, -0.25) is 4.79 Å². The number of nitrogens with two attached hydrogens (primary N) is 1. The number of aromatic nitrogens is 2. The Morgan fingerprint density at radius 2 is 2.28 bits per heavy atom. The van der Waals surface area contributed by atoms with Gasteiger partial charge in [-0.2, -0.15) is 0 Å². The molecular formula is C10H18N6O2. The number of nitrogen functional groups attached to an aromatic ring is 1. The topological polar surface area (TPSA) is 105 Å². The summed E-state index contributed by atoms with van der Waals surface area (Å²) in [6.45, 7) is 0.473. The largest absolute Gasteiger partial charge is 0.377 e. The Balaban J connectivity index is 2.92. The maximum Gasteiger partial charge on any atom is 0.239 e. The van der Waals surface area contributed by atoms with E-state index in [4.69, 9.17) is 10.6 Å². The second-order valence-electron chi connectivity index (χ2n) is 3.63. The molecule has 1 aromatic heterocycles. The summed E-state index contributed by atoms with van der Waals surface area (Å²) in [5.41, 5.74) is 2.45. The van der Waals surface area contributed by atoms with Crippen molar-refractivity contribution in [2.24, 2.45) is 5.84 Å². The molecule has 8 nitrogen and oxygen atoms in total. The van der Waals surface area contributed by atoms with Crippen molar-refractivity contribution < 1.29 is 9.53 Å². The fraction of sp³-hybridized carbons (Fsp3) is 0.500. The number of carbonyl (C=O) groups excluding carboxylic acids is 1. The first-order chi connectivity index (χ1) is 8.60. The van der Waals surface area contributed by atoms with E-state index < -0.39 is 0 Å². The molecule has 0 spiro atoms. The van der Waals surface area contributed by atoms with Crippen molar-refractivity contribution in [1.29, 1.82) is 0 Å². The zero-order valence-electron chi connectivity index (χ0n) is 10.7. The fourth-order valence-electron chi connectivity index (χ4n) is 1.32. The third-order valence-corrected chi connectivity index (χ3v) is 2.23. The minimum atomic E-state index is -0.105. The molecule has 0 aliphatic rings. The number of anilines is 2. The lowest BCUT2D eigenvalue weighted by Gasteiger charge is -2.18. The molecule has 0 atom stereocenters. The van der Waals surface area contributed by atoms with Gasteiger partial charge in [0.15, 0.2) is 5.82 Å². The van der Waals surface area contributed by atoms with Crippen LogP contribution in [0.5, 0.6) is 0 Å². The van der Waals surface area contributed by atoms with Gasteiger partial charge in [-0.1, -0.05) is 0 Å². The lowest BCUT2D eigenvalue weighted by atomic mass is 10.4. The van der Waals surface area contributed by atoms with Crippen LogP contribution in [0.15, 0.2) is 6.07 Å². The summed E-state index contributed by atoms with van der Waals surface area (Å²) in [7, 11) is 4.90. The molecule has 0 radical (unpaired) electrons. The summed E-state index contributed by atoms with van der Waals surface area (Å²) in [5.74, 6) is 6.78. The molecule has 1 aromatic rings. The number of hydrogen-bond acceptors (Lipinski definition) is 7. The molecule has 1 heterocycles. The number of amides is 1. The molecule has 8 heteroatoms. The standard InChI is InChI=1S/C10H18N6O2/c1-12-10(17)5-16(2)9-4-7(15-11)13-8(14-9)6-18-3/h4H,5-6,11H2,1-3H3,(H,12,17)(H,13,14,15). The maximum absolute atomic E-state index is 11.3. The first-order valence-electron chi connectivity index (χ1n) is 5.36. The number of likely N-dealkylation sites (N-methyl/N-ethyl adjacent to an activating group) is 2. The molecule has 4 N–H and O–H groups in total. The number of rotatable bonds is 6. The van der Waals surface area contributed by atoms with Gasteiger partial charge in [-0.05, 0) is 0 Å². The maximum atomic E-state index is 11.3. The average Bonchev–Trinajstić information content (AvgIpc) is 2.38. The highest BCUT2D eigenvalue weighted by molar-refractivity contribution is 5.80. The van der Waals surface area contributed by atoms with Crippen molar-refractivity contribution in [1.82, 2.24) is 15.3 Å². The Labute approximate surface area is 106 Å². The van der Waals surface area contributed by atoms with E-state index >= 15 is 0 Å². The van der Waals surface area contributed by atoms with Gasteiger partial charge in [0.25, 0.3) is 0 Å². The Morgan fingerprint density at radius 1 is 1.56 bits per heavy atom. The predicted octanol–water partition coefficient (Wildman–Crippen LogP) is -0.909. The summed E-state index contributed by atoms with van der Waals surface area (Å²) >= 11 is 0. The van der Waals surface area contributed by atoms with Crippen LogP contribution in [0.2, 0.25) is 0 Å². The van der Waals surface area contributed by atoms with Crippen LogP contribution in [0, 0.1) is 0 Å². The van der Waals surface area contributed by atoms with Crippen molar-refractivity contribution in [2.45, 2.75) is 6.61 Å². The minimum Gasteiger partial charge on any atom is -0.377 e. The lowest BCUT2D eigenvalue weighted by Crippen LogP contribution is -2.33. The summed E-state index contributed by atoms with van der Waals surface area (Å²) in [6.07, 6.45) is 0. The van der Waals surface area contributed by atoms with E-state index in [1.165, 1.54) is 0 Å². The van der Waals surface area contributed by atoms with Crippen LogP contribution >= 0.6 is 0 Å². The molecule has 1 amide bonds. The Morgan fingerprint density at radius 3 is 2.83 bits per heavy atom. The van der Waals surface area contributed by atoms with Crippen molar-refractivity contribution in [3.63, 3.8) is 0 Å². The van der Waals surface area contributed by atoms with E-state index in [1.807, 2.05) is 0 Å². The summed E-state index contributed by atoms with van der Waals surface area (Å²) in [6, 6.07) is 1.65. The number of hydrazine groups is 1. The molecule has 0 aliphatic carbocycles. The molecule has 0 bridgehead atoms. The molecule has 0 unspecified atom stereocenters. The van der Waals surface area contributed by atoms with E-state index in [2.05, 4.69) is 20.7 Å². The van der Waals surface area contributed by atoms with Crippen LogP contribution < -0.4 is 21.5 Å². The van der Waals surface area contributed by atoms with E-state index in [9.17, 15) is 4.79 Å². The van der Waals surface area contributed by atoms with Gasteiger partial charge in [-0.15, -0.1) is 0 Å². The molecule has 100 valence electrons. The van der Waals surface area contributed by atoms with Crippen molar-refractivity contribution in [3.05, 3.63) is 11.9 Å². The number of nitrogens with one attached hydrogen (secondary N) is 2. The van der Waals surface area contributed by atoms with E-state index in [-0.39, 0.29) is 19.1 Å². The second kappa shape index (κ2) is 6.72. The van der Waals surface area contributed by atoms with Gasteiger partial charge >= 0.3 is 0 Å².